The SMILES string of the molecule is CC1c2c(ncc3c(N4CC5CCCC4CN5C(=O)OC(C)(C)C)nc(OCCO)nc23)-c2cc(OC3CCCCO3)cc3cccc1c23. The average molecular weight is 668 g/mol. The molecule has 1 aliphatic carbocycles. The molecule has 0 radical (unpaired) electrons. The van der Waals surface area contributed by atoms with Crippen LogP contribution in [0.5, 0.6) is 11.8 Å². The topological polar surface area (TPSA) is 119 Å². The maximum Gasteiger partial charge on any atom is 0.410 e. The predicted molar refractivity (Wildman–Crippen MR) is 186 cm³/mol. The molecule has 6 heterocycles. The molecule has 0 spiro atoms. The van der Waals surface area contributed by atoms with Gasteiger partial charge in [-0.1, -0.05) is 25.1 Å². The first kappa shape index (κ1) is 32.0. The molecule has 4 aliphatic heterocycles. The fourth-order valence-electron chi connectivity index (χ4n) is 8.11. The number of aromatic nitrogens is 3. The number of aliphatic hydroxyl groups is 1. The van der Waals surface area contributed by atoms with Gasteiger partial charge in [0.05, 0.1) is 35.9 Å². The summed E-state index contributed by atoms with van der Waals surface area (Å²) in [6.45, 7) is 9.73. The van der Waals surface area contributed by atoms with E-state index in [-0.39, 0.29) is 49.6 Å². The van der Waals surface area contributed by atoms with Crippen LogP contribution in [0.2, 0.25) is 0 Å². The van der Waals surface area contributed by atoms with Crippen molar-refractivity contribution >= 4 is 33.6 Å². The van der Waals surface area contributed by atoms with Crippen LogP contribution in [0.3, 0.4) is 0 Å². The molecule has 5 aliphatic rings. The third-order valence-electron chi connectivity index (χ3n) is 10.3. The number of carbonyl (C=O) groups excluding carboxylic acids is 1. The number of nitrogens with zero attached hydrogens (tertiary/aromatic N) is 5. The number of piperazine rings is 1. The molecule has 4 fully saturated rings. The van der Waals surface area contributed by atoms with Crippen molar-refractivity contribution in [2.45, 2.75) is 96.1 Å². The normalized spacial score (nSPS) is 23.4. The van der Waals surface area contributed by atoms with Gasteiger partial charge in [0.1, 0.15) is 23.8 Å². The highest BCUT2D eigenvalue weighted by molar-refractivity contribution is 6.06. The molecule has 11 nitrogen and oxygen atoms in total. The minimum Gasteiger partial charge on any atom is -0.465 e. The van der Waals surface area contributed by atoms with Crippen molar-refractivity contribution in [3.63, 3.8) is 0 Å². The van der Waals surface area contributed by atoms with Gasteiger partial charge in [-0.2, -0.15) is 9.97 Å². The standard InChI is InChI=1S/C38H45N5O6/c1-22-27-12-7-9-23-17-26(48-30-13-5-6-15-46-30)18-28(32(23)27)33-31(22)34-29(19-39-33)35(41-36(40-34)47-16-14-44)42-20-25-11-8-10-24(42)21-43(25)37(45)49-38(2,3)4/h7,9,12,17-19,22,24-25,30,44H,5-6,8,10-11,13-16,20-21H2,1-4H3. The highest BCUT2D eigenvalue weighted by Gasteiger charge is 2.42. The predicted octanol–water partition coefficient (Wildman–Crippen LogP) is 6.56. The Balaban J connectivity index is 1.24. The largest absolute Gasteiger partial charge is 0.465 e. The summed E-state index contributed by atoms with van der Waals surface area (Å²) in [7, 11) is 0. The smallest absolute Gasteiger partial charge is 0.410 e. The summed E-state index contributed by atoms with van der Waals surface area (Å²) < 4.78 is 24.1. The minimum atomic E-state index is -0.564. The molecule has 1 N–H and O–H groups in total. The lowest BCUT2D eigenvalue weighted by atomic mass is 9.79. The maximum atomic E-state index is 13.3. The lowest BCUT2D eigenvalue weighted by Crippen LogP contribution is -2.59. The zero-order valence-corrected chi connectivity index (χ0v) is 28.8. The second-order valence-corrected chi connectivity index (χ2v) is 14.8. The van der Waals surface area contributed by atoms with E-state index >= 15 is 0 Å². The Bertz CT molecular complexity index is 1900. The molecule has 49 heavy (non-hydrogen) atoms. The maximum absolute atomic E-state index is 13.3. The number of fused-ring (bicyclic) bond motifs is 8. The van der Waals surface area contributed by atoms with Gasteiger partial charge in [-0.05, 0) is 81.3 Å². The van der Waals surface area contributed by atoms with Crippen molar-refractivity contribution < 1.29 is 28.8 Å². The summed E-state index contributed by atoms with van der Waals surface area (Å²) in [6, 6.07) is 10.9. The number of rotatable bonds is 6. The molecular weight excluding hydrogens is 622 g/mol. The molecule has 11 heteroatoms. The Labute approximate surface area is 286 Å². The molecule has 9 rings (SSSR count). The van der Waals surface area contributed by atoms with Crippen molar-refractivity contribution in [2.24, 2.45) is 0 Å². The molecule has 4 unspecified atom stereocenters. The van der Waals surface area contributed by atoms with E-state index in [0.29, 0.717) is 19.7 Å². The summed E-state index contributed by atoms with van der Waals surface area (Å²) in [5, 5.41) is 12.8. The lowest BCUT2D eigenvalue weighted by molar-refractivity contribution is -0.105. The van der Waals surface area contributed by atoms with Crippen LogP contribution in [0.15, 0.2) is 36.5 Å². The highest BCUT2D eigenvalue weighted by Crippen LogP contribution is 2.49. The van der Waals surface area contributed by atoms with Crippen LogP contribution in [-0.4, -0.2) is 87.9 Å². The van der Waals surface area contributed by atoms with Crippen LogP contribution in [0.25, 0.3) is 32.9 Å². The van der Waals surface area contributed by atoms with Gasteiger partial charge in [-0.25, -0.2) is 4.79 Å². The van der Waals surface area contributed by atoms with E-state index in [0.717, 1.165) is 83.2 Å². The van der Waals surface area contributed by atoms with Crippen LogP contribution in [0.4, 0.5) is 10.6 Å². The third kappa shape index (κ3) is 5.90. The number of hydrogen-bond donors (Lipinski definition) is 1. The first-order valence-corrected chi connectivity index (χ1v) is 17.7. The zero-order chi connectivity index (χ0) is 33.9. The number of ether oxygens (including phenoxy) is 4. The monoisotopic (exact) mass is 667 g/mol. The van der Waals surface area contributed by atoms with Crippen molar-refractivity contribution in [1.29, 1.82) is 0 Å². The molecule has 4 atom stereocenters. The number of pyridine rings is 1. The second-order valence-electron chi connectivity index (χ2n) is 14.8. The van der Waals surface area contributed by atoms with E-state index in [1.807, 2.05) is 31.9 Å². The average Bonchev–Trinajstić information content (AvgIpc) is 3.43. The molecule has 0 saturated carbocycles. The van der Waals surface area contributed by atoms with E-state index in [4.69, 9.17) is 33.9 Å². The van der Waals surface area contributed by atoms with Gasteiger partial charge in [0.2, 0.25) is 0 Å². The van der Waals surface area contributed by atoms with Gasteiger partial charge in [-0.3, -0.25) is 4.98 Å². The third-order valence-corrected chi connectivity index (χ3v) is 10.3. The highest BCUT2D eigenvalue weighted by atomic mass is 16.7. The second kappa shape index (κ2) is 12.6. The van der Waals surface area contributed by atoms with Crippen molar-refractivity contribution in [1.82, 2.24) is 19.9 Å². The number of aliphatic hydroxyl groups excluding tert-OH is 1. The number of hydrogen-bond acceptors (Lipinski definition) is 10. The molecule has 2 aromatic heterocycles. The number of carbonyl (C=O) groups is 1. The van der Waals surface area contributed by atoms with Gasteiger partial charge >= 0.3 is 12.1 Å². The lowest BCUT2D eigenvalue weighted by Gasteiger charge is -2.44. The molecule has 2 aromatic carbocycles. The number of benzene rings is 2. The Hall–Kier alpha value is -4.22. The molecule has 258 valence electrons. The molecular formula is C38H45N5O6. The summed E-state index contributed by atoms with van der Waals surface area (Å²) in [4.78, 5) is 32.6. The van der Waals surface area contributed by atoms with E-state index in [1.165, 1.54) is 10.9 Å². The first-order chi connectivity index (χ1) is 23.7. The van der Waals surface area contributed by atoms with Crippen LogP contribution < -0.4 is 14.4 Å². The van der Waals surface area contributed by atoms with Gasteiger partial charge in [-0.15, -0.1) is 0 Å². The van der Waals surface area contributed by atoms with Crippen molar-refractivity contribution in [3.05, 3.63) is 47.7 Å². The van der Waals surface area contributed by atoms with Crippen LogP contribution in [0, 0.1) is 0 Å². The first-order valence-electron chi connectivity index (χ1n) is 17.7. The van der Waals surface area contributed by atoms with Gasteiger partial charge in [0.25, 0.3) is 0 Å². The van der Waals surface area contributed by atoms with Crippen LogP contribution in [0.1, 0.15) is 83.3 Å². The van der Waals surface area contributed by atoms with Gasteiger partial charge < -0.3 is 33.9 Å². The van der Waals surface area contributed by atoms with E-state index in [1.54, 1.807) is 0 Å². The van der Waals surface area contributed by atoms with E-state index in [2.05, 4.69) is 42.2 Å². The van der Waals surface area contributed by atoms with Crippen molar-refractivity contribution in [2.75, 3.05) is 37.8 Å². The Morgan fingerprint density at radius 1 is 1.06 bits per heavy atom. The number of amides is 1. The van der Waals surface area contributed by atoms with E-state index < -0.39 is 5.60 Å². The fourth-order valence-corrected chi connectivity index (χ4v) is 8.11. The molecule has 4 saturated heterocycles. The molecule has 4 aromatic rings. The van der Waals surface area contributed by atoms with Gasteiger partial charge in [0.15, 0.2) is 6.29 Å². The van der Waals surface area contributed by atoms with Gasteiger partial charge in [0, 0.05) is 48.8 Å². The Morgan fingerprint density at radius 2 is 1.92 bits per heavy atom. The molecule has 1 amide bonds. The fraction of sp³-hybridized carbons (Fsp3) is 0.526. The summed E-state index contributed by atoms with van der Waals surface area (Å²) >= 11 is 0. The summed E-state index contributed by atoms with van der Waals surface area (Å²) in [6.07, 6.45) is 7.21. The Kier molecular flexibility index (Phi) is 8.22. The van der Waals surface area contributed by atoms with E-state index in [9.17, 15) is 9.90 Å². The quantitative estimate of drug-likeness (QED) is 0.242. The summed E-state index contributed by atoms with van der Waals surface area (Å²) in [5.74, 6) is 1.50. The molecule has 2 bridgehead atoms. The minimum absolute atomic E-state index is 0.00691. The van der Waals surface area contributed by atoms with Crippen molar-refractivity contribution in [3.8, 4) is 23.0 Å². The summed E-state index contributed by atoms with van der Waals surface area (Å²) in [5.41, 5.74) is 4.30. The van der Waals surface area contributed by atoms with Crippen LogP contribution >= 0.6 is 0 Å². The zero-order valence-electron chi connectivity index (χ0n) is 28.8. The Morgan fingerprint density at radius 3 is 2.71 bits per heavy atom. The number of anilines is 1. The van der Waals surface area contributed by atoms with Crippen LogP contribution in [-0.2, 0) is 9.47 Å².